The first-order valence-electron chi connectivity index (χ1n) is 8.57. The second-order valence-corrected chi connectivity index (χ2v) is 6.52. The van der Waals surface area contributed by atoms with Crippen molar-refractivity contribution in [2.45, 2.75) is 25.8 Å². The van der Waals surface area contributed by atoms with Crippen LogP contribution in [0.15, 0.2) is 24.3 Å². The molecule has 1 atom stereocenters. The molecule has 0 aromatic heterocycles. The predicted octanol–water partition coefficient (Wildman–Crippen LogP) is 1.59. The molecule has 0 aliphatic carbocycles. The molecule has 130 valence electrons. The predicted molar refractivity (Wildman–Crippen MR) is 88.8 cm³/mol. The molecule has 2 aliphatic rings. The summed E-state index contributed by atoms with van der Waals surface area (Å²) < 4.78 is 5.92. The van der Waals surface area contributed by atoms with Gasteiger partial charge in [0.15, 0.2) is 0 Å². The molecule has 1 aromatic rings. The van der Waals surface area contributed by atoms with Crippen molar-refractivity contribution in [3.8, 4) is 5.75 Å². The van der Waals surface area contributed by atoms with E-state index in [2.05, 4.69) is 4.90 Å². The summed E-state index contributed by atoms with van der Waals surface area (Å²) >= 11 is 0. The summed E-state index contributed by atoms with van der Waals surface area (Å²) in [6.07, 6.45) is 2.62. The van der Waals surface area contributed by atoms with Gasteiger partial charge in [0.25, 0.3) is 0 Å². The van der Waals surface area contributed by atoms with Crippen LogP contribution in [-0.2, 0) is 16.1 Å². The van der Waals surface area contributed by atoms with E-state index in [1.807, 2.05) is 24.3 Å². The number of benzene rings is 1. The summed E-state index contributed by atoms with van der Waals surface area (Å²) in [5, 5.41) is 9.08. The number of carbonyl (C=O) groups excluding carboxylic acids is 1. The fourth-order valence-corrected chi connectivity index (χ4v) is 3.36. The van der Waals surface area contributed by atoms with Crippen molar-refractivity contribution in [3.05, 3.63) is 29.8 Å². The van der Waals surface area contributed by atoms with Gasteiger partial charge in [-0.15, -0.1) is 0 Å². The zero-order chi connectivity index (χ0) is 16.9. The molecule has 0 saturated carbocycles. The number of amides is 1. The molecule has 0 spiro atoms. The highest BCUT2D eigenvalue weighted by molar-refractivity contribution is 5.86. The summed E-state index contributed by atoms with van der Waals surface area (Å²) in [7, 11) is 0. The Morgan fingerprint density at radius 1 is 1.25 bits per heavy atom. The van der Waals surface area contributed by atoms with Crippen molar-refractivity contribution in [1.29, 1.82) is 0 Å². The largest absolute Gasteiger partial charge is 0.492 e. The number of nitrogens with zero attached hydrogens (tertiary/aromatic N) is 2. The Morgan fingerprint density at radius 2 is 2.00 bits per heavy atom. The number of carboxylic acid groups (broad SMARTS) is 1. The lowest BCUT2D eigenvalue weighted by Gasteiger charge is -2.20. The Balaban J connectivity index is 1.57. The molecular formula is C18H24N2O4. The van der Waals surface area contributed by atoms with Crippen molar-refractivity contribution < 1.29 is 19.4 Å². The SMILES string of the molecule is O=C(O)C1CC(=O)N(Cc2ccccc2OCCN2CCCC2)C1. The number of ether oxygens (including phenoxy) is 1. The van der Waals surface area contributed by atoms with E-state index in [-0.39, 0.29) is 18.9 Å². The van der Waals surface area contributed by atoms with Gasteiger partial charge in [0.2, 0.25) is 5.91 Å². The van der Waals surface area contributed by atoms with Crippen LogP contribution in [0.5, 0.6) is 5.75 Å². The minimum atomic E-state index is -0.902. The quantitative estimate of drug-likeness (QED) is 0.821. The highest BCUT2D eigenvalue weighted by Crippen LogP contribution is 2.25. The maximum atomic E-state index is 12.0. The van der Waals surface area contributed by atoms with Crippen molar-refractivity contribution >= 4 is 11.9 Å². The molecule has 0 radical (unpaired) electrons. The second kappa shape index (κ2) is 7.66. The van der Waals surface area contributed by atoms with E-state index in [0.717, 1.165) is 30.9 Å². The highest BCUT2D eigenvalue weighted by atomic mass is 16.5. The van der Waals surface area contributed by atoms with Crippen LogP contribution in [0.2, 0.25) is 0 Å². The summed E-state index contributed by atoms with van der Waals surface area (Å²) in [6, 6.07) is 7.68. The van der Waals surface area contributed by atoms with E-state index in [0.29, 0.717) is 13.2 Å². The monoisotopic (exact) mass is 332 g/mol. The Morgan fingerprint density at radius 3 is 2.71 bits per heavy atom. The number of carboxylic acids is 1. The van der Waals surface area contributed by atoms with E-state index in [1.165, 1.54) is 12.8 Å². The van der Waals surface area contributed by atoms with E-state index >= 15 is 0 Å². The van der Waals surface area contributed by atoms with Crippen LogP contribution in [0, 0.1) is 5.92 Å². The normalized spacial score (nSPS) is 21.4. The first kappa shape index (κ1) is 16.8. The lowest BCUT2D eigenvalue weighted by Crippen LogP contribution is -2.27. The zero-order valence-corrected chi connectivity index (χ0v) is 13.8. The van der Waals surface area contributed by atoms with Crippen molar-refractivity contribution in [3.63, 3.8) is 0 Å². The number of hydrogen-bond acceptors (Lipinski definition) is 4. The molecule has 6 nitrogen and oxygen atoms in total. The molecule has 1 amide bonds. The molecule has 1 aromatic carbocycles. The van der Waals surface area contributed by atoms with Crippen LogP contribution < -0.4 is 4.74 Å². The third-order valence-corrected chi connectivity index (χ3v) is 4.76. The molecule has 24 heavy (non-hydrogen) atoms. The average Bonchev–Trinajstić information content (AvgIpc) is 3.19. The van der Waals surface area contributed by atoms with Gasteiger partial charge < -0.3 is 14.7 Å². The van der Waals surface area contributed by atoms with Crippen molar-refractivity contribution in [1.82, 2.24) is 9.80 Å². The lowest BCUT2D eigenvalue weighted by atomic mass is 10.1. The minimum Gasteiger partial charge on any atom is -0.492 e. The van der Waals surface area contributed by atoms with Gasteiger partial charge in [-0.25, -0.2) is 0 Å². The Kier molecular flexibility index (Phi) is 5.35. The van der Waals surface area contributed by atoms with Crippen LogP contribution >= 0.6 is 0 Å². The summed E-state index contributed by atoms with van der Waals surface area (Å²) in [4.78, 5) is 27.1. The van der Waals surface area contributed by atoms with Gasteiger partial charge in [-0.2, -0.15) is 0 Å². The molecular weight excluding hydrogens is 308 g/mol. The topological polar surface area (TPSA) is 70.1 Å². The Bertz CT molecular complexity index is 598. The molecule has 1 N–H and O–H groups in total. The lowest BCUT2D eigenvalue weighted by molar-refractivity contribution is -0.141. The molecule has 0 bridgehead atoms. The second-order valence-electron chi connectivity index (χ2n) is 6.52. The maximum absolute atomic E-state index is 12.0. The summed E-state index contributed by atoms with van der Waals surface area (Å²) in [5.74, 6) is -0.820. The van der Waals surface area contributed by atoms with Gasteiger partial charge in [-0.3, -0.25) is 14.5 Å². The van der Waals surface area contributed by atoms with E-state index in [1.54, 1.807) is 4.90 Å². The molecule has 1 unspecified atom stereocenters. The smallest absolute Gasteiger partial charge is 0.308 e. The number of likely N-dealkylation sites (tertiary alicyclic amines) is 2. The molecule has 3 rings (SSSR count). The maximum Gasteiger partial charge on any atom is 0.308 e. The third-order valence-electron chi connectivity index (χ3n) is 4.76. The average molecular weight is 332 g/mol. The van der Waals surface area contributed by atoms with Crippen molar-refractivity contribution in [2.24, 2.45) is 5.92 Å². The zero-order valence-electron chi connectivity index (χ0n) is 13.8. The number of carbonyl (C=O) groups is 2. The number of para-hydroxylation sites is 1. The fourth-order valence-electron chi connectivity index (χ4n) is 3.36. The summed E-state index contributed by atoms with van der Waals surface area (Å²) in [6.45, 7) is 4.51. The molecule has 2 aliphatic heterocycles. The summed E-state index contributed by atoms with van der Waals surface area (Å²) in [5.41, 5.74) is 0.929. The van der Waals surface area contributed by atoms with E-state index in [9.17, 15) is 9.59 Å². The first-order valence-corrected chi connectivity index (χ1v) is 8.57. The van der Waals surface area contributed by atoms with Crippen LogP contribution in [0.3, 0.4) is 0 Å². The van der Waals surface area contributed by atoms with Gasteiger partial charge in [-0.1, -0.05) is 18.2 Å². The number of aliphatic carboxylic acids is 1. The molecule has 2 saturated heterocycles. The molecule has 6 heteroatoms. The Labute approximate surface area is 142 Å². The molecule has 2 heterocycles. The van der Waals surface area contributed by atoms with Crippen LogP contribution in [0.1, 0.15) is 24.8 Å². The number of rotatable bonds is 7. The van der Waals surface area contributed by atoms with Gasteiger partial charge >= 0.3 is 5.97 Å². The van der Waals surface area contributed by atoms with Crippen LogP contribution in [-0.4, -0.2) is 59.6 Å². The minimum absolute atomic E-state index is 0.0906. The first-order chi connectivity index (χ1) is 11.6. The van der Waals surface area contributed by atoms with Crippen LogP contribution in [0.4, 0.5) is 0 Å². The van der Waals surface area contributed by atoms with Gasteiger partial charge in [0, 0.05) is 31.6 Å². The fraction of sp³-hybridized carbons (Fsp3) is 0.556. The number of hydrogen-bond donors (Lipinski definition) is 1. The van der Waals surface area contributed by atoms with Gasteiger partial charge in [0.05, 0.1) is 5.92 Å². The van der Waals surface area contributed by atoms with Crippen LogP contribution in [0.25, 0.3) is 0 Å². The highest BCUT2D eigenvalue weighted by Gasteiger charge is 2.34. The van der Waals surface area contributed by atoms with Gasteiger partial charge in [0.1, 0.15) is 12.4 Å². The third kappa shape index (κ3) is 4.06. The molecule has 2 fully saturated rings. The van der Waals surface area contributed by atoms with Gasteiger partial charge in [-0.05, 0) is 32.0 Å². The van der Waals surface area contributed by atoms with E-state index in [4.69, 9.17) is 9.84 Å². The standard InChI is InChI=1S/C18H24N2O4/c21-17-11-15(18(22)23)13-20(17)12-14-5-1-2-6-16(14)24-10-9-19-7-3-4-8-19/h1-2,5-6,15H,3-4,7-13H2,(H,22,23). The Hall–Kier alpha value is -2.08. The van der Waals surface area contributed by atoms with Crippen molar-refractivity contribution in [2.75, 3.05) is 32.8 Å². The van der Waals surface area contributed by atoms with E-state index < -0.39 is 11.9 Å².